The second kappa shape index (κ2) is 5.81. The van der Waals surface area contributed by atoms with Crippen LogP contribution in [-0.2, 0) is 19.1 Å². The fraction of sp³-hybridized carbons (Fsp3) is 0.333. The van der Waals surface area contributed by atoms with Crippen LogP contribution in [0.5, 0.6) is 0 Å². The molecule has 0 amide bonds. The summed E-state index contributed by atoms with van der Waals surface area (Å²) in [4.78, 5) is 19.9. The number of carbonyl (C=O) groups is 2. The Morgan fingerprint density at radius 2 is 2.30 bits per heavy atom. The zero-order valence-electron chi connectivity index (χ0n) is 5.57. The zero-order chi connectivity index (χ0) is 7.82. The second-order valence-electron chi connectivity index (χ2n) is 1.36. The number of esters is 1. The normalized spacial score (nSPS) is 9.30. The van der Waals surface area contributed by atoms with Crippen molar-refractivity contribution in [3.8, 4) is 0 Å². The molecule has 0 aliphatic carbocycles. The zero-order valence-corrected chi connectivity index (χ0v) is 5.57. The predicted octanol–water partition coefficient (Wildman–Crippen LogP) is -0.111. The Morgan fingerprint density at radius 3 is 2.80 bits per heavy atom. The molecule has 0 N–H and O–H groups in total. The molecule has 4 heteroatoms. The molecular formula is C6H8O4. The van der Waals surface area contributed by atoms with Gasteiger partial charge in [-0.2, -0.15) is 0 Å². The molecule has 0 aromatic heterocycles. The molecule has 0 spiro atoms. The van der Waals surface area contributed by atoms with Crippen molar-refractivity contribution in [2.24, 2.45) is 0 Å². The molecule has 0 fully saturated rings. The summed E-state index contributed by atoms with van der Waals surface area (Å²) >= 11 is 0. The van der Waals surface area contributed by atoms with Gasteiger partial charge in [-0.05, 0) is 6.08 Å². The van der Waals surface area contributed by atoms with Gasteiger partial charge in [0.2, 0.25) is 0 Å². The summed E-state index contributed by atoms with van der Waals surface area (Å²) in [6, 6.07) is 0. The maximum atomic E-state index is 10.3. The van der Waals surface area contributed by atoms with E-state index in [1.54, 1.807) is 0 Å². The van der Waals surface area contributed by atoms with Gasteiger partial charge < -0.3 is 9.47 Å². The molecule has 0 saturated heterocycles. The number of hydrogen-bond acceptors (Lipinski definition) is 4. The van der Waals surface area contributed by atoms with Crippen LogP contribution in [0.15, 0.2) is 12.2 Å². The Labute approximate surface area is 58.4 Å². The van der Waals surface area contributed by atoms with Gasteiger partial charge in [0.05, 0.1) is 7.11 Å². The highest BCUT2D eigenvalue weighted by Gasteiger charge is 1.87. The Kier molecular flexibility index (Phi) is 5.04. The Morgan fingerprint density at radius 1 is 1.60 bits per heavy atom. The van der Waals surface area contributed by atoms with Crippen molar-refractivity contribution in [1.29, 1.82) is 0 Å². The maximum Gasteiger partial charge on any atom is 0.330 e. The molecule has 0 aliphatic heterocycles. The Bertz CT molecular complexity index is 139. The van der Waals surface area contributed by atoms with E-state index in [1.807, 2.05) is 0 Å². The molecule has 0 aromatic carbocycles. The molecule has 0 heterocycles. The molecule has 0 saturated carbocycles. The van der Waals surface area contributed by atoms with Crippen LogP contribution in [0.1, 0.15) is 0 Å². The quantitative estimate of drug-likeness (QED) is 0.239. The van der Waals surface area contributed by atoms with Gasteiger partial charge in [-0.3, -0.25) is 4.79 Å². The van der Waals surface area contributed by atoms with Gasteiger partial charge >= 0.3 is 5.97 Å². The summed E-state index contributed by atoms with van der Waals surface area (Å²) in [6.45, 7) is 0.403. The first kappa shape index (κ1) is 8.68. The third-order valence-corrected chi connectivity index (χ3v) is 0.716. The van der Waals surface area contributed by atoms with E-state index in [0.29, 0.717) is 6.47 Å². The summed E-state index contributed by atoms with van der Waals surface area (Å²) in [5.41, 5.74) is 0. The van der Waals surface area contributed by atoms with Gasteiger partial charge in [0.25, 0.3) is 6.47 Å². The van der Waals surface area contributed by atoms with Crippen molar-refractivity contribution < 1.29 is 19.1 Å². The number of methoxy groups -OCH3 is 1. The third kappa shape index (κ3) is 4.83. The van der Waals surface area contributed by atoms with E-state index in [1.165, 1.54) is 19.3 Å². The third-order valence-electron chi connectivity index (χ3n) is 0.716. The second-order valence-corrected chi connectivity index (χ2v) is 1.36. The monoisotopic (exact) mass is 144 g/mol. The highest BCUT2D eigenvalue weighted by Crippen LogP contribution is 1.77. The van der Waals surface area contributed by atoms with Gasteiger partial charge in [-0.1, -0.05) is 0 Å². The van der Waals surface area contributed by atoms with E-state index in [4.69, 9.17) is 0 Å². The molecule has 0 aliphatic rings. The predicted molar refractivity (Wildman–Crippen MR) is 33.2 cm³/mol. The first-order valence-corrected chi connectivity index (χ1v) is 2.61. The average molecular weight is 144 g/mol. The van der Waals surface area contributed by atoms with Gasteiger partial charge in [-0.15, -0.1) is 0 Å². The lowest BCUT2D eigenvalue weighted by Gasteiger charge is -1.89. The van der Waals surface area contributed by atoms with Crippen molar-refractivity contribution in [3.63, 3.8) is 0 Å². The molecule has 10 heavy (non-hydrogen) atoms. The van der Waals surface area contributed by atoms with Crippen LogP contribution >= 0.6 is 0 Å². The van der Waals surface area contributed by atoms with Crippen molar-refractivity contribution in [2.75, 3.05) is 13.7 Å². The highest BCUT2D eigenvalue weighted by atomic mass is 16.5. The van der Waals surface area contributed by atoms with Crippen LogP contribution in [0.25, 0.3) is 0 Å². The topological polar surface area (TPSA) is 52.6 Å². The minimum absolute atomic E-state index is 0.0958. The largest absolute Gasteiger partial charge is 0.466 e. The number of rotatable bonds is 4. The summed E-state index contributed by atoms with van der Waals surface area (Å²) in [7, 11) is 1.27. The summed E-state index contributed by atoms with van der Waals surface area (Å²) < 4.78 is 8.51. The minimum atomic E-state index is -0.463. The molecule has 0 aromatic rings. The van der Waals surface area contributed by atoms with Crippen LogP contribution in [0, 0.1) is 0 Å². The molecule has 56 valence electrons. The Hall–Kier alpha value is -1.32. The summed E-state index contributed by atoms with van der Waals surface area (Å²) in [5, 5.41) is 0. The van der Waals surface area contributed by atoms with E-state index in [-0.39, 0.29) is 6.61 Å². The van der Waals surface area contributed by atoms with Gasteiger partial charge in [0.15, 0.2) is 0 Å². The van der Waals surface area contributed by atoms with Crippen molar-refractivity contribution >= 4 is 12.4 Å². The van der Waals surface area contributed by atoms with Gasteiger partial charge in [0, 0.05) is 6.08 Å². The molecule has 0 atom stereocenters. The van der Waals surface area contributed by atoms with Crippen molar-refractivity contribution in [1.82, 2.24) is 0 Å². The lowest BCUT2D eigenvalue weighted by Crippen LogP contribution is -1.95. The highest BCUT2D eigenvalue weighted by molar-refractivity contribution is 5.81. The van der Waals surface area contributed by atoms with Crippen molar-refractivity contribution in [3.05, 3.63) is 12.2 Å². The molecule has 0 bridgehead atoms. The maximum absolute atomic E-state index is 10.3. The first-order chi connectivity index (χ1) is 4.81. The molecule has 0 rings (SSSR count). The van der Waals surface area contributed by atoms with E-state index < -0.39 is 5.97 Å². The lowest BCUT2D eigenvalue weighted by atomic mass is 10.5. The smallest absolute Gasteiger partial charge is 0.330 e. The van der Waals surface area contributed by atoms with Gasteiger partial charge in [0.1, 0.15) is 6.61 Å². The summed E-state index contributed by atoms with van der Waals surface area (Å²) in [5.74, 6) is -0.463. The average Bonchev–Trinajstić information content (AvgIpc) is 1.98. The van der Waals surface area contributed by atoms with E-state index in [2.05, 4.69) is 9.47 Å². The standard InChI is InChI=1S/C6H8O4/c1-9-6(8)3-2-4-10-5-7/h2-3,5H,4H2,1H3/b3-2+. The Balaban J connectivity index is 3.35. The first-order valence-electron chi connectivity index (χ1n) is 2.61. The number of hydrogen-bond donors (Lipinski definition) is 0. The van der Waals surface area contributed by atoms with Crippen LogP contribution < -0.4 is 0 Å². The fourth-order valence-electron chi connectivity index (χ4n) is 0.307. The number of ether oxygens (including phenoxy) is 2. The van der Waals surface area contributed by atoms with Crippen molar-refractivity contribution in [2.45, 2.75) is 0 Å². The lowest BCUT2D eigenvalue weighted by molar-refractivity contribution is -0.135. The van der Waals surface area contributed by atoms with Gasteiger partial charge in [-0.25, -0.2) is 4.79 Å². The van der Waals surface area contributed by atoms with Crippen LogP contribution in [0.4, 0.5) is 0 Å². The SMILES string of the molecule is COC(=O)/C=C/COC=O. The van der Waals surface area contributed by atoms with E-state index >= 15 is 0 Å². The fourth-order valence-corrected chi connectivity index (χ4v) is 0.307. The number of carbonyl (C=O) groups excluding carboxylic acids is 2. The molecule has 0 unspecified atom stereocenters. The van der Waals surface area contributed by atoms with Crippen LogP contribution in [0.3, 0.4) is 0 Å². The van der Waals surface area contributed by atoms with Crippen LogP contribution in [0.2, 0.25) is 0 Å². The van der Waals surface area contributed by atoms with Crippen LogP contribution in [-0.4, -0.2) is 26.2 Å². The summed E-state index contributed by atoms with van der Waals surface area (Å²) in [6.07, 6.45) is 2.57. The molecule has 0 radical (unpaired) electrons. The van der Waals surface area contributed by atoms with E-state index in [0.717, 1.165) is 0 Å². The molecule has 4 nitrogen and oxygen atoms in total. The minimum Gasteiger partial charge on any atom is -0.466 e. The molecular weight excluding hydrogens is 136 g/mol. The van der Waals surface area contributed by atoms with E-state index in [9.17, 15) is 9.59 Å².